The van der Waals surface area contributed by atoms with Gasteiger partial charge in [-0.3, -0.25) is 0 Å². The summed E-state index contributed by atoms with van der Waals surface area (Å²) in [7, 11) is 1.58. The Balaban J connectivity index is 2.23. The topological polar surface area (TPSA) is 52.9 Å². The second-order valence-corrected chi connectivity index (χ2v) is 6.00. The molecule has 0 amide bonds. The van der Waals surface area contributed by atoms with Crippen LogP contribution in [-0.2, 0) is 6.54 Å². The summed E-state index contributed by atoms with van der Waals surface area (Å²) in [4.78, 5) is 0. The first-order chi connectivity index (χ1) is 11.0. The van der Waals surface area contributed by atoms with Gasteiger partial charge in [0.25, 0.3) is 0 Å². The van der Waals surface area contributed by atoms with Gasteiger partial charge in [0.15, 0.2) is 0 Å². The van der Waals surface area contributed by atoms with Crippen molar-refractivity contribution in [1.29, 1.82) is 0 Å². The average molecular weight is 315 g/mol. The number of nitrogens with zero attached hydrogens (tertiary/aromatic N) is 1. The molecule has 2 aromatic carbocycles. The molecule has 4 nitrogen and oxygen atoms in total. The van der Waals surface area contributed by atoms with Gasteiger partial charge in [-0.25, -0.2) is 0 Å². The third-order valence-corrected chi connectivity index (χ3v) is 4.00. The minimum absolute atomic E-state index is 0.0589. The Hall–Kier alpha value is -1.88. The van der Waals surface area contributed by atoms with Crippen molar-refractivity contribution in [3.05, 3.63) is 65.7 Å². The van der Waals surface area contributed by atoms with Crippen molar-refractivity contribution in [3.63, 3.8) is 0 Å². The van der Waals surface area contributed by atoms with Crippen LogP contribution in [-0.4, -0.2) is 28.5 Å². The fourth-order valence-electron chi connectivity index (χ4n) is 2.84. The van der Waals surface area contributed by atoms with E-state index < -0.39 is 12.1 Å². The van der Waals surface area contributed by atoms with E-state index in [1.165, 1.54) is 5.06 Å². The van der Waals surface area contributed by atoms with Gasteiger partial charge in [0.1, 0.15) is 11.9 Å². The van der Waals surface area contributed by atoms with Gasteiger partial charge < -0.3 is 15.1 Å². The van der Waals surface area contributed by atoms with Crippen LogP contribution in [0.3, 0.4) is 0 Å². The number of methoxy groups -OCH3 is 1. The van der Waals surface area contributed by atoms with E-state index in [-0.39, 0.29) is 5.92 Å². The molecule has 0 spiro atoms. The van der Waals surface area contributed by atoms with Crippen LogP contribution in [0.25, 0.3) is 0 Å². The third kappa shape index (κ3) is 4.32. The second kappa shape index (κ2) is 8.11. The Morgan fingerprint density at radius 1 is 1.00 bits per heavy atom. The maximum absolute atomic E-state index is 10.8. The summed E-state index contributed by atoms with van der Waals surface area (Å²) >= 11 is 0. The molecule has 0 aliphatic rings. The van der Waals surface area contributed by atoms with Crippen LogP contribution in [0.1, 0.15) is 31.1 Å². The number of aliphatic hydroxyl groups excluding tert-OH is 1. The molecule has 1 unspecified atom stereocenters. The van der Waals surface area contributed by atoms with Gasteiger partial charge in [0, 0.05) is 12.1 Å². The van der Waals surface area contributed by atoms with E-state index in [1.807, 2.05) is 68.4 Å². The molecule has 0 heterocycles. The van der Waals surface area contributed by atoms with E-state index in [1.54, 1.807) is 7.11 Å². The van der Waals surface area contributed by atoms with Crippen molar-refractivity contribution < 1.29 is 15.1 Å². The number of hydroxylamine groups is 2. The molecule has 0 saturated heterocycles. The Bertz CT molecular complexity index is 601. The van der Waals surface area contributed by atoms with E-state index in [9.17, 15) is 10.3 Å². The van der Waals surface area contributed by atoms with Crippen LogP contribution in [0.4, 0.5) is 0 Å². The van der Waals surface area contributed by atoms with Crippen LogP contribution < -0.4 is 4.74 Å². The van der Waals surface area contributed by atoms with Crippen molar-refractivity contribution in [2.45, 2.75) is 32.5 Å². The maximum Gasteiger partial charge on any atom is 0.124 e. The predicted octanol–water partition coefficient (Wildman–Crippen LogP) is 3.64. The van der Waals surface area contributed by atoms with Crippen molar-refractivity contribution in [3.8, 4) is 5.75 Å². The summed E-state index contributed by atoms with van der Waals surface area (Å²) in [5, 5.41) is 22.6. The number of benzene rings is 2. The Labute approximate surface area is 137 Å². The SMILES string of the molecule is COc1ccccc1[C@H](O)C(C(C)C)N(O)Cc1ccccc1. The monoisotopic (exact) mass is 315 g/mol. The van der Waals surface area contributed by atoms with Crippen LogP contribution in [0.15, 0.2) is 54.6 Å². The van der Waals surface area contributed by atoms with Gasteiger partial charge in [-0.2, -0.15) is 5.06 Å². The molecule has 2 N–H and O–H groups in total. The normalized spacial score (nSPS) is 14.0. The average Bonchev–Trinajstić information content (AvgIpc) is 2.55. The Morgan fingerprint density at radius 3 is 2.22 bits per heavy atom. The van der Waals surface area contributed by atoms with Crippen LogP contribution >= 0.6 is 0 Å². The van der Waals surface area contributed by atoms with Crippen molar-refractivity contribution in [1.82, 2.24) is 5.06 Å². The number of para-hydroxylation sites is 1. The second-order valence-electron chi connectivity index (χ2n) is 6.00. The fourth-order valence-corrected chi connectivity index (χ4v) is 2.84. The summed E-state index contributed by atoms with van der Waals surface area (Å²) in [6, 6.07) is 16.6. The summed E-state index contributed by atoms with van der Waals surface area (Å²) in [6.45, 7) is 4.32. The minimum Gasteiger partial charge on any atom is -0.496 e. The van der Waals surface area contributed by atoms with Crippen molar-refractivity contribution in [2.75, 3.05) is 7.11 Å². The molecule has 0 bridgehead atoms. The number of hydrogen-bond acceptors (Lipinski definition) is 4. The van der Waals surface area contributed by atoms with Gasteiger partial charge in [-0.05, 0) is 17.5 Å². The van der Waals surface area contributed by atoms with Crippen LogP contribution in [0.2, 0.25) is 0 Å². The van der Waals surface area contributed by atoms with Crippen molar-refractivity contribution >= 4 is 0 Å². The molecule has 23 heavy (non-hydrogen) atoms. The smallest absolute Gasteiger partial charge is 0.124 e. The zero-order valence-corrected chi connectivity index (χ0v) is 13.9. The number of ether oxygens (including phenoxy) is 1. The lowest BCUT2D eigenvalue weighted by atomic mass is 9.92. The number of aliphatic hydroxyl groups is 1. The summed E-state index contributed by atoms with van der Waals surface area (Å²) in [6.07, 6.45) is -0.847. The molecule has 4 heteroatoms. The molecule has 0 saturated carbocycles. The number of rotatable bonds is 7. The first-order valence-corrected chi connectivity index (χ1v) is 7.85. The Kier molecular flexibility index (Phi) is 6.16. The Morgan fingerprint density at radius 2 is 1.61 bits per heavy atom. The largest absolute Gasteiger partial charge is 0.496 e. The van der Waals surface area contributed by atoms with Crippen LogP contribution in [0.5, 0.6) is 5.75 Å². The summed E-state index contributed by atoms with van der Waals surface area (Å²) < 4.78 is 5.33. The molecule has 0 fully saturated rings. The molecule has 2 atom stereocenters. The highest BCUT2D eigenvalue weighted by Crippen LogP contribution is 2.32. The molecular weight excluding hydrogens is 290 g/mol. The zero-order valence-electron chi connectivity index (χ0n) is 13.9. The first kappa shape index (κ1) is 17.5. The molecule has 2 aromatic rings. The maximum atomic E-state index is 10.8. The van der Waals surface area contributed by atoms with Crippen LogP contribution in [0, 0.1) is 5.92 Å². The quantitative estimate of drug-likeness (QED) is 0.766. The van der Waals surface area contributed by atoms with E-state index in [0.29, 0.717) is 17.9 Å². The predicted molar refractivity (Wildman–Crippen MR) is 90.4 cm³/mol. The molecule has 0 aliphatic heterocycles. The lowest BCUT2D eigenvalue weighted by Crippen LogP contribution is -2.41. The molecule has 124 valence electrons. The van der Waals surface area contributed by atoms with E-state index in [0.717, 1.165) is 5.56 Å². The van der Waals surface area contributed by atoms with Gasteiger partial charge in [-0.1, -0.05) is 62.4 Å². The lowest BCUT2D eigenvalue weighted by molar-refractivity contribution is -0.176. The lowest BCUT2D eigenvalue weighted by Gasteiger charge is -2.33. The van der Waals surface area contributed by atoms with Gasteiger partial charge in [-0.15, -0.1) is 0 Å². The fraction of sp³-hybridized carbons (Fsp3) is 0.368. The highest BCUT2D eigenvalue weighted by molar-refractivity contribution is 5.35. The van der Waals surface area contributed by atoms with Gasteiger partial charge in [0.05, 0.1) is 13.2 Å². The van der Waals surface area contributed by atoms with E-state index >= 15 is 0 Å². The van der Waals surface area contributed by atoms with E-state index in [4.69, 9.17) is 4.74 Å². The zero-order chi connectivity index (χ0) is 16.8. The minimum atomic E-state index is -0.847. The standard InChI is InChI=1S/C19H25NO3/c1-14(2)18(20(22)13-15-9-5-4-6-10-15)19(21)16-11-7-8-12-17(16)23-3/h4-12,14,18-19,21-22H,13H2,1-3H3/t18?,19-/m0/s1. The van der Waals surface area contributed by atoms with Crippen molar-refractivity contribution in [2.24, 2.45) is 5.92 Å². The molecular formula is C19H25NO3. The van der Waals surface area contributed by atoms with Gasteiger partial charge in [0.2, 0.25) is 0 Å². The highest BCUT2D eigenvalue weighted by Gasteiger charge is 2.31. The van der Waals surface area contributed by atoms with E-state index in [2.05, 4.69) is 0 Å². The molecule has 0 aromatic heterocycles. The molecule has 2 rings (SSSR count). The van der Waals surface area contributed by atoms with Gasteiger partial charge >= 0.3 is 0 Å². The highest BCUT2D eigenvalue weighted by atomic mass is 16.5. The molecule has 0 radical (unpaired) electrons. The summed E-state index contributed by atoms with van der Waals surface area (Å²) in [5.74, 6) is 0.683. The third-order valence-electron chi connectivity index (χ3n) is 4.00. The number of hydrogen-bond donors (Lipinski definition) is 2. The molecule has 0 aliphatic carbocycles. The summed E-state index contributed by atoms with van der Waals surface area (Å²) in [5.41, 5.74) is 1.67. The first-order valence-electron chi connectivity index (χ1n) is 7.85.